The Kier molecular flexibility index (Phi) is 6.35. The van der Waals surface area contributed by atoms with E-state index in [2.05, 4.69) is 12.2 Å². The molecule has 32 heavy (non-hydrogen) atoms. The number of fused-ring (bicyclic) bond motifs is 3. The summed E-state index contributed by atoms with van der Waals surface area (Å²) in [5, 5.41) is 3.31. The van der Waals surface area contributed by atoms with Crippen molar-refractivity contribution in [2.24, 2.45) is 0 Å². The first-order chi connectivity index (χ1) is 15.6. The molecule has 0 spiro atoms. The Morgan fingerprint density at radius 3 is 2.66 bits per heavy atom. The first-order valence-corrected chi connectivity index (χ1v) is 10.9. The molecule has 0 amide bonds. The van der Waals surface area contributed by atoms with Gasteiger partial charge in [0.15, 0.2) is 11.5 Å². The lowest BCUT2D eigenvalue weighted by Gasteiger charge is -2.31. The predicted octanol–water partition coefficient (Wildman–Crippen LogP) is 5.08. The number of aromatic nitrogens is 2. The molecule has 0 fully saturated rings. The minimum atomic E-state index is -0.484. The van der Waals surface area contributed by atoms with Crippen LogP contribution in [0.3, 0.4) is 0 Å². The molecule has 0 saturated heterocycles. The van der Waals surface area contributed by atoms with E-state index in [1.165, 1.54) is 0 Å². The summed E-state index contributed by atoms with van der Waals surface area (Å²) >= 11 is 0. The first-order valence-electron chi connectivity index (χ1n) is 10.9. The zero-order valence-electron chi connectivity index (χ0n) is 19.0. The fraction of sp³-hybridized carbons (Fsp3) is 0.360. The number of methoxy groups -OCH3 is 2. The van der Waals surface area contributed by atoms with Gasteiger partial charge in [0.1, 0.15) is 0 Å². The van der Waals surface area contributed by atoms with E-state index in [1.54, 1.807) is 14.2 Å². The van der Waals surface area contributed by atoms with Crippen LogP contribution in [0.25, 0.3) is 11.0 Å². The molecule has 1 unspecified atom stereocenters. The Hall–Kier alpha value is -3.48. The van der Waals surface area contributed by atoms with E-state index in [1.807, 2.05) is 54.0 Å². The van der Waals surface area contributed by atoms with Crippen molar-refractivity contribution in [3.8, 4) is 11.5 Å². The number of carbonyl (C=O) groups excluding carboxylic acids is 1. The van der Waals surface area contributed by atoms with Crippen molar-refractivity contribution in [3.05, 3.63) is 59.3 Å². The van der Waals surface area contributed by atoms with Crippen LogP contribution >= 0.6 is 0 Å². The molecule has 0 saturated carbocycles. The number of nitrogens with one attached hydrogen (secondary N) is 1. The maximum absolute atomic E-state index is 13.4. The van der Waals surface area contributed by atoms with E-state index in [0.717, 1.165) is 35.9 Å². The SMILES string of the molecule is CCCCCOC(=O)C1=C(C)Nc2nc3ccccc3n2C1c1cccc(OC)c1OC. The molecule has 2 heterocycles. The van der Waals surface area contributed by atoms with Crippen molar-refractivity contribution >= 4 is 23.0 Å². The van der Waals surface area contributed by atoms with Gasteiger partial charge in [-0.25, -0.2) is 9.78 Å². The summed E-state index contributed by atoms with van der Waals surface area (Å²) in [6.45, 7) is 4.39. The van der Waals surface area contributed by atoms with Crippen LogP contribution in [0.15, 0.2) is 53.7 Å². The average Bonchev–Trinajstić information content (AvgIpc) is 3.18. The number of ether oxygens (including phenoxy) is 3. The molecule has 0 radical (unpaired) electrons. The third-order valence-corrected chi connectivity index (χ3v) is 5.76. The fourth-order valence-corrected chi connectivity index (χ4v) is 4.24. The molecular formula is C25H29N3O4. The molecular weight excluding hydrogens is 406 g/mol. The number of esters is 1. The number of hydrogen-bond acceptors (Lipinski definition) is 6. The van der Waals surface area contributed by atoms with Gasteiger partial charge in [-0.3, -0.25) is 4.57 Å². The number of rotatable bonds is 8. The minimum Gasteiger partial charge on any atom is -0.493 e. The molecule has 168 valence electrons. The van der Waals surface area contributed by atoms with Gasteiger partial charge >= 0.3 is 5.97 Å². The van der Waals surface area contributed by atoms with Crippen molar-refractivity contribution in [1.29, 1.82) is 0 Å². The molecule has 1 aromatic heterocycles. The monoisotopic (exact) mass is 435 g/mol. The summed E-state index contributed by atoms with van der Waals surface area (Å²) in [6.07, 6.45) is 2.93. The molecule has 0 bridgehead atoms. The highest BCUT2D eigenvalue weighted by Gasteiger charge is 2.37. The van der Waals surface area contributed by atoms with Crippen LogP contribution in [0.4, 0.5) is 5.95 Å². The first kappa shape index (κ1) is 21.7. The van der Waals surface area contributed by atoms with E-state index >= 15 is 0 Å². The van der Waals surface area contributed by atoms with Crippen molar-refractivity contribution < 1.29 is 19.0 Å². The molecule has 2 aromatic carbocycles. The lowest BCUT2D eigenvalue weighted by atomic mass is 9.94. The molecule has 7 nitrogen and oxygen atoms in total. The number of carbonyl (C=O) groups is 1. The number of imidazole rings is 1. The number of benzene rings is 2. The summed E-state index contributed by atoms with van der Waals surface area (Å²) in [4.78, 5) is 18.1. The molecule has 1 aliphatic rings. The second-order valence-electron chi connectivity index (χ2n) is 7.79. The lowest BCUT2D eigenvalue weighted by Crippen LogP contribution is -2.29. The van der Waals surface area contributed by atoms with Gasteiger partial charge in [0.25, 0.3) is 0 Å². The van der Waals surface area contributed by atoms with Gasteiger partial charge in [-0.2, -0.15) is 0 Å². The summed E-state index contributed by atoms with van der Waals surface area (Å²) in [5.74, 6) is 1.50. The number of allylic oxidation sites excluding steroid dienone is 1. The summed E-state index contributed by atoms with van der Waals surface area (Å²) < 4.78 is 19.0. The van der Waals surface area contributed by atoms with Crippen molar-refractivity contribution in [2.75, 3.05) is 26.1 Å². The van der Waals surface area contributed by atoms with Gasteiger partial charge in [0.05, 0.1) is 43.5 Å². The van der Waals surface area contributed by atoms with Crippen LogP contribution in [0.2, 0.25) is 0 Å². The van der Waals surface area contributed by atoms with Crippen molar-refractivity contribution in [1.82, 2.24) is 9.55 Å². The van der Waals surface area contributed by atoms with Crippen molar-refractivity contribution in [2.45, 2.75) is 39.2 Å². The van der Waals surface area contributed by atoms with E-state index < -0.39 is 6.04 Å². The molecule has 1 aliphatic heterocycles. The number of hydrogen-bond donors (Lipinski definition) is 1. The second-order valence-corrected chi connectivity index (χ2v) is 7.79. The lowest BCUT2D eigenvalue weighted by molar-refractivity contribution is -0.139. The molecule has 1 atom stereocenters. The largest absolute Gasteiger partial charge is 0.493 e. The highest BCUT2D eigenvalue weighted by atomic mass is 16.5. The molecule has 3 aromatic rings. The van der Waals surface area contributed by atoms with E-state index in [0.29, 0.717) is 35.3 Å². The van der Waals surface area contributed by atoms with Crippen LogP contribution in [0.1, 0.15) is 44.7 Å². The zero-order chi connectivity index (χ0) is 22.7. The van der Waals surface area contributed by atoms with E-state index in [9.17, 15) is 4.79 Å². The summed E-state index contributed by atoms with van der Waals surface area (Å²) in [6, 6.07) is 13.1. The van der Waals surface area contributed by atoms with Gasteiger partial charge in [0, 0.05) is 11.3 Å². The van der Waals surface area contributed by atoms with Crippen LogP contribution < -0.4 is 14.8 Å². The minimum absolute atomic E-state index is 0.343. The van der Waals surface area contributed by atoms with Gasteiger partial charge in [-0.1, -0.05) is 44.0 Å². The van der Waals surface area contributed by atoms with Gasteiger partial charge in [-0.15, -0.1) is 0 Å². The molecule has 0 aliphatic carbocycles. The number of nitrogens with zero attached hydrogens (tertiary/aromatic N) is 2. The Labute approximate surface area is 188 Å². The summed E-state index contributed by atoms with van der Waals surface area (Å²) in [5.41, 5.74) is 3.80. The van der Waals surface area contributed by atoms with Crippen LogP contribution in [0.5, 0.6) is 11.5 Å². The smallest absolute Gasteiger partial charge is 0.338 e. The third-order valence-electron chi connectivity index (χ3n) is 5.76. The van der Waals surface area contributed by atoms with Crippen molar-refractivity contribution in [3.63, 3.8) is 0 Å². The molecule has 1 N–H and O–H groups in total. The van der Waals surface area contributed by atoms with Crippen LogP contribution in [0, 0.1) is 0 Å². The quantitative estimate of drug-likeness (QED) is 0.393. The van der Waals surface area contributed by atoms with E-state index in [4.69, 9.17) is 19.2 Å². The standard InChI is InChI=1S/C25H29N3O4/c1-5-6-9-15-32-24(29)21-16(2)26-25-27-18-12-7-8-13-19(18)28(25)22(21)17-11-10-14-20(30-3)23(17)31-4/h7-8,10-14,22H,5-6,9,15H2,1-4H3,(H,26,27). The predicted molar refractivity (Wildman–Crippen MR) is 124 cm³/mol. The highest BCUT2D eigenvalue weighted by Crippen LogP contribution is 2.45. The molecule has 7 heteroatoms. The maximum Gasteiger partial charge on any atom is 0.338 e. The van der Waals surface area contributed by atoms with Gasteiger partial charge in [-0.05, 0) is 31.5 Å². The third kappa shape index (κ3) is 3.79. The molecule has 4 rings (SSSR count). The number of anilines is 1. The second kappa shape index (κ2) is 9.34. The normalized spacial score (nSPS) is 15.3. The number of unbranched alkanes of at least 4 members (excludes halogenated alkanes) is 2. The average molecular weight is 436 g/mol. The van der Waals surface area contributed by atoms with Crippen LogP contribution in [-0.2, 0) is 9.53 Å². The highest BCUT2D eigenvalue weighted by molar-refractivity contribution is 5.94. The van der Waals surface area contributed by atoms with Gasteiger partial charge in [0.2, 0.25) is 5.95 Å². The number of para-hydroxylation sites is 3. The Morgan fingerprint density at radius 2 is 1.91 bits per heavy atom. The fourth-order valence-electron chi connectivity index (χ4n) is 4.24. The Bertz CT molecular complexity index is 1170. The van der Waals surface area contributed by atoms with E-state index in [-0.39, 0.29) is 5.97 Å². The Morgan fingerprint density at radius 1 is 1.09 bits per heavy atom. The zero-order valence-corrected chi connectivity index (χ0v) is 19.0. The Balaban J connectivity index is 1.89. The maximum atomic E-state index is 13.4. The van der Waals surface area contributed by atoms with Crippen LogP contribution in [-0.4, -0.2) is 36.3 Å². The van der Waals surface area contributed by atoms with Gasteiger partial charge < -0.3 is 19.5 Å². The topological polar surface area (TPSA) is 74.6 Å². The summed E-state index contributed by atoms with van der Waals surface area (Å²) in [7, 11) is 3.21.